The summed E-state index contributed by atoms with van der Waals surface area (Å²) in [5, 5.41) is 7.83. The summed E-state index contributed by atoms with van der Waals surface area (Å²) in [6.45, 7) is 1.96. The summed E-state index contributed by atoms with van der Waals surface area (Å²) >= 11 is 1.62. The molecule has 1 aromatic carbocycles. The van der Waals surface area contributed by atoms with E-state index in [9.17, 15) is 9.59 Å². The van der Waals surface area contributed by atoms with E-state index in [0.29, 0.717) is 11.3 Å². The van der Waals surface area contributed by atoms with Crippen molar-refractivity contribution in [3.8, 4) is 0 Å². The van der Waals surface area contributed by atoms with Gasteiger partial charge in [-0.3, -0.25) is 9.59 Å². The highest BCUT2D eigenvalue weighted by atomic mass is 32.1. The van der Waals surface area contributed by atoms with Crippen molar-refractivity contribution in [1.29, 1.82) is 0 Å². The second kappa shape index (κ2) is 6.32. The summed E-state index contributed by atoms with van der Waals surface area (Å²) in [7, 11) is 0. The average Bonchev–Trinajstić information content (AvgIpc) is 3.22. The summed E-state index contributed by atoms with van der Waals surface area (Å²) in [4.78, 5) is 25.2. The molecule has 1 aromatic heterocycles. The van der Waals surface area contributed by atoms with Gasteiger partial charge in [0, 0.05) is 22.0 Å². The van der Waals surface area contributed by atoms with Gasteiger partial charge in [0.1, 0.15) is 0 Å². The molecule has 114 valence electrons. The molecule has 0 spiro atoms. The molecule has 0 aliphatic heterocycles. The lowest BCUT2D eigenvalue weighted by molar-refractivity contribution is -0.117. The molecule has 4 nitrogen and oxygen atoms in total. The second-order valence-electron chi connectivity index (χ2n) is 5.55. The quantitative estimate of drug-likeness (QED) is 0.886. The molecule has 1 fully saturated rings. The normalized spacial score (nSPS) is 15.1. The van der Waals surface area contributed by atoms with Crippen molar-refractivity contribution in [3.05, 3.63) is 52.2 Å². The molecule has 1 atom stereocenters. The number of carbonyl (C=O) groups is 2. The monoisotopic (exact) mass is 314 g/mol. The van der Waals surface area contributed by atoms with Crippen LogP contribution in [0.4, 0.5) is 5.69 Å². The van der Waals surface area contributed by atoms with Crippen molar-refractivity contribution >= 4 is 28.8 Å². The van der Waals surface area contributed by atoms with Crippen LogP contribution in [-0.2, 0) is 4.79 Å². The third-order valence-electron chi connectivity index (χ3n) is 3.66. The zero-order valence-corrected chi connectivity index (χ0v) is 13.2. The number of rotatable bonds is 5. The van der Waals surface area contributed by atoms with Crippen molar-refractivity contribution in [2.75, 3.05) is 5.32 Å². The average molecular weight is 314 g/mol. The smallest absolute Gasteiger partial charge is 0.251 e. The van der Waals surface area contributed by atoms with Gasteiger partial charge in [-0.1, -0.05) is 12.1 Å². The topological polar surface area (TPSA) is 58.2 Å². The molecule has 0 bridgehead atoms. The Morgan fingerprint density at radius 3 is 2.73 bits per heavy atom. The standard InChI is InChI=1S/C17H18N2O2S/c1-11(15-6-3-9-22-15)18-17(21)13-4-2-5-14(10-13)19-16(20)12-7-8-12/h2-6,9-12H,7-8H2,1H3,(H,18,21)(H,19,20). The molecule has 1 aliphatic rings. The Morgan fingerprint density at radius 2 is 2.05 bits per heavy atom. The molecule has 0 saturated heterocycles. The molecule has 1 aliphatic carbocycles. The Hall–Kier alpha value is -2.14. The van der Waals surface area contributed by atoms with Crippen molar-refractivity contribution in [1.82, 2.24) is 5.32 Å². The van der Waals surface area contributed by atoms with Gasteiger partial charge in [-0.15, -0.1) is 11.3 Å². The van der Waals surface area contributed by atoms with E-state index in [-0.39, 0.29) is 23.8 Å². The van der Waals surface area contributed by atoms with Crippen LogP contribution in [0.1, 0.15) is 41.0 Å². The molecule has 22 heavy (non-hydrogen) atoms. The minimum atomic E-state index is -0.136. The fourth-order valence-corrected chi connectivity index (χ4v) is 2.95. The molecule has 0 radical (unpaired) electrons. The Bertz CT molecular complexity index is 678. The largest absolute Gasteiger partial charge is 0.345 e. The van der Waals surface area contributed by atoms with Gasteiger partial charge in [0.05, 0.1) is 6.04 Å². The number of anilines is 1. The minimum Gasteiger partial charge on any atom is -0.345 e. The van der Waals surface area contributed by atoms with Gasteiger partial charge in [-0.2, -0.15) is 0 Å². The van der Waals surface area contributed by atoms with Crippen LogP contribution in [0.5, 0.6) is 0 Å². The van der Waals surface area contributed by atoms with Crippen LogP contribution in [0.2, 0.25) is 0 Å². The van der Waals surface area contributed by atoms with Crippen molar-refractivity contribution in [2.24, 2.45) is 5.92 Å². The molecular weight excluding hydrogens is 296 g/mol. The lowest BCUT2D eigenvalue weighted by atomic mass is 10.1. The molecular formula is C17H18N2O2S. The van der Waals surface area contributed by atoms with Gasteiger partial charge in [-0.25, -0.2) is 0 Å². The molecule has 1 unspecified atom stereocenters. The van der Waals surface area contributed by atoms with Crippen molar-refractivity contribution < 1.29 is 9.59 Å². The van der Waals surface area contributed by atoms with Crippen molar-refractivity contribution in [3.63, 3.8) is 0 Å². The SMILES string of the molecule is CC(NC(=O)c1cccc(NC(=O)C2CC2)c1)c1cccs1. The number of hydrogen-bond donors (Lipinski definition) is 2. The van der Waals surface area contributed by atoms with E-state index in [1.54, 1.807) is 35.6 Å². The summed E-state index contributed by atoms with van der Waals surface area (Å²) in [5.74, 6) is 0.0595. The Balaban J connectivity index is 1.65. The Kier molecular flexibility index (Phi) is 4.24. The Morgan fingerprint density at radius 1 is 1.23 bits per heavy atom. The predicted molar refractivity (Wildman–Crippen MR) is 88.0 cm³/mol. The molecule has 2 amide bonds. The number of carbonyl (C=O) groups excluding carboxylic acids is 2. The first-order valence-corrected chi connectivity index (χ1v) is 8.26. The van der Waals surface area contributed by atoms with Gasteiger partial charge < -0.3 is 10.6 Å². The van der Waals surface area contributed by atoms with E-state index in [1.807, 2.05) is 24.4 Å². The summed E-state index contributed by atoms with van der Waals surface area (Å²) in [6.07, 6.45) is 1.93. The first-order valence-electron chi connectivity index (χ1n) is 7.38. The number of nitrogens with one attached hydrogen (secondary N) is 2. The first kappa shape index (κ1) is 14.8. The number of benzene rings is 1. The van der Waals surface area contributed by atoms with Crippen LogP contribution < -0.4 is 10.6 Å². The summed E-state index contributed by atoms with van der Waals surface area (Å²) in [5.41, 5.74) is 1.23. The molecule has 2 aromatic rings. The van der Waals surface area contributed by atoms with Crippen molar-refractivity contribution in [2.45, 2.75) is 25.8 Å². The van der Waals surface area contributed by atoms with Crippen LogP contribution in [0.15, 0.2) is 41.8 Å². The van der Waals surface area contributed by atoms with E-state index < -0.39 is 0 Å². The van der Waals surface area contributed by atoms with Gasteiger partial charge >= 0.3 is 0 Å². The zero-order chi connectivity index (χ0) is 15.5. The minimum absolute atomic E-state index is 0.0304. The molecule has 2 N–H and O–H groups in total. The molecule has 3 rings (SSSR count). The second-order valence-corrected chi connectivity index (χ2v) is 6.53. The van der Waals surface area contributed by atoms with E-state index in [0.717, 1.165) is 17.7 Å². The lowest BCUT2D eigenvalue weighted by Crippen LogP contribution is -2.26. The summed E-state index contributed by atoms with van der Waals surface area (Å²) < 4.78 is 0. The van der Waals surface area contributed by atoms with E-state index >= 15 is 0 Å². The highest BCUT2D eigenvalue weighted by Gasteiger charge is 2.29. The van der Waals surface area contributed by atoms with Crippen LogP contribution in [-0.4, -0.2) is 11.8 Å². The van der Waals surface area contributed by atoms with Crippen LogP contribution in [0.25, 0.3) is 0 Å². The molecule has 1 heterocycles. The summed E-state index contributed by atoms with van der Waals surface area (Å²) in [6, 6.07) is 11.0. The highest BCUT2D eigenvalue weighted by Crippen LogP contribution is 2.30. The lowest BCUT2D eigenvalue weighted by Gasteiger charge is -2.13. The first-order chi connectivity index (χ1) is 10.6. The number of amides is 2. The maximum absolute atomic E-state index is 12.3. The van der Waals surface area contributed by atoms with Crippen LogP contribution >= 0.6 is 11.3 Å². The predicted octanol–water partition coefficient (Wildman–Crippen LogP) is 3.59. The highest BCUT2D eigenvalue weighted by molar-refractivity contribution is 7.10. The van der Waals surface area contributed by atoms with E-state index in [4.69, 9.17) is 0 Å². The maximum atomic E-state index is 12.3. The van der Waals surface area contributed by atoms with Gasteiger partial charge in [0.15, 0.2) is 0 Å². The number of hydrogen-bond acceptors (Lipinski definition) is 3. The molecule has 1 saturated carbocycles. The number of thiophene rings is 1. The third-order valence-corrected chi connectivity index (χ3v) is 4.71. The third kappa shape index (κ3) is 3.54. The maximum Gasteiger partial charge on any atom is 0.251 e. The Labute approximate surface area is 133 Å². The fraction of sp³-hybridized carbons (Fsp3) is 0.294. The van der Waals surface area contributed by atoms with Gasteiger partial charge in [-0.05, 0) is 49.4 Å². The van der Waals surface area contributed by atoms with E-state index in [2.05, 4.69) is 10.6 Å². The zero-order valence-electron chi connectivity index (χ0n) is 12.3. The van der Waals surface area contributed by atoms with Gasteiger partial charge in [0.25, 0.3) is 5.91 Å². The van der Waals surface area contributed by atoms with Crippen LogP contribution in [0, 0.1) is 5.92 Å². The van der Waals surface area contributed by atoms with E-state index in [1.165, 1.54) is 0 Å². The van der Waals surface area contributed by atoms with Crippen LogP contribution in [0.3, 0.4) is 0 Å². The fourth-order valence-electron chi connectivity index (χ4n) is 2.22. The molecule has 5 heteroatoms. The van der Waals surface area contributed by atoms with Gasteiger partial charge in [0.2, 0.25) is 5.91 Å².